The van der Waals surface area contributed by atoms with E-state index in [4.69, 9.17) is 5.11 Å². The molecule has 5 heteroatoms. The molecular formula is C10H9NO3S. The first kappa shape index (κ1) is 11.4. The third kappa shape index (κ3) is 3.18. The first-order valence-electron chi connectivity index (χ1n) is 4.22. The lowest BCUT2D eigenvalue weighted by atomic mass is 10.1. The van der Waals surface area contributed by atoms with Crippen molar-refractivity contribution in [1.29, 1.82) is 0 Å². The van der Waals surface area contributed by atoms with E-state index in [9.17, 15) is 10.1 Å². The van der Waals surface area contributed by atoms with Crippen LogP contribution in [0.4, 0.5) is 5.69 Å². The highest BCUT2D eigenvalue weighted by molar-refractivity contribution is 7.80. The Morgan fingerprint density at radius 3 is 2.87 bits per heavy atom. The smallest absolute Gasteiger partial charge is 0.288 e. The Bertz CT molecular complexity index is 434. The van der Waals surface area contributed by atoms with Gasteiger partial charge in [-0.2, -0.15) is 12.6 Å². The maximum absolute atomic E-state index is 10.6. The first-order valence-corrected chi connectivity index (χ1v) is 4.85. The highest BCUT2D eigenvalue weighted by atomic mass is 32.1. The molecule has 0 fully saturated rings. The molecule has 1 aromatic rings. The fraction of sp³-hybridized carbons (Fsp3) is 0.200. The van der Waals surface area contributed by atoms with Crippen LogP contribution in [0.25, 0.3) is 0 Å². The molecule has 0 aliphatic heterocycles. The molecule has 0 aliphatic carbocycles. The molecule has 0 saturated heterocycles. The number of aromatic hydroxyl groups is 1. The van der Waals surface area contributed by atoms with E-state index in [0.29, 0.717) is 17.7 Å². The Balaban J connectivity index is 3.08. The number of rotatable bonds is 2. The second kappa shape index (κ2) is 5.27. The van der Waals surface area contributed by atoms with Crippen LogP contribution < -0.4 is 0 Å². The summed E-state index contributed by atoms with van der Waals surface area (Å²) >= 11 is 3.97. The van der Waals surface area contributed by atoms with Crippen molar-refractivity contribution in [3.8, 4) is 17.6 Å². The SMILES string of the molecule is O=[N+]([O-])c1cc(O)ccc1C#CCCS. The van der Waals surface area contributed by atoms with Crippen LogP contribution in [0.1, 0.15) is 12.0 Å². The van der Waals surface area contributed by atoms with Gasteiger partial charge in [0, 0.05) is 12.2 Å². The molecule has 0 unspecified atom stereocenters. The van der Waals surface area contributed by atoms with Crippen molar-refractivity contribution in [2.45, 2.75) is 6.42 Å². The average Bonchev–Trinajstić information content (AvgIpc) is 2.20. The molecule has 0 radical (unpaired) electrons. The van der Waals surface area contributed by atoms with Gasteiger partial charge >= 0.3 is 0 Å². The summed E-state index contributed by atoms with van der Waals surface area (Å²) < 4.78 is 0. The van der Waals surface area contributed by atoms with E-state index in [2.05, 4.69) is 24.5 Å². The highest BCUT2D eigenvalue weighted by Crippen LogP contribution is 2.22. The molecule has 0 spiro atoms. The predicted molar refractivity (Wildman–Crippen MR) is 60.1 cm³/mol. The Labute approximate surface area is 92.5 Å². The van der Waals surface area contributed by atoms with E-state index in [1.54, 1.807) is 0 Å². The predicted octanol–water partition coefficient (Wildman–Crippen LogP) is 1.97. The van der Waals surface area contributed by atoms with E-state index in [1.807, 2.05) is 0 Å². The summed E-state index contributed by atoms with van der Waals surface area (Å²) in [5.74, 6) is 5.90. The van der Waals surface area contributed by atoms with Gasteiger partial charge in [0.2, 0.25) is 0 Å². The average molecular weight is 223 g/mol. The summed E-state index contributed by atoms with van der Waals surface area (Å²) in [4.78, 5) is 10.1. The minimum atomic E-state index is -0.565. The van der Waals surface area contributed by atoms with Gasteiger partial charge in [0.15, 0.2) is 0 Å². The van der Waals surface area contributed by atoms with E-state index >= 15 is 0 Å². The standard InChI is InChI=1S/C10H9NO3S/c12-9-5-4-8(3-1-2-6-15)10(7-9)11(13)14/h4-5,7,12,15H,2,6H2. The molecule has 0 amide bonds. The highest BCUT2D eigenvalue weighted by Gasteiger charge is 2.12. The minimum absolute atomic E-state index is 0.138. The summed E-state index contributed by atoms with van der Waals surface area (Å²) in [6.45, 7) is 0. The number of nitrogens with zero attached hydrogens (tertiary/aromatic N) is 1. The lowest BCUT2D eigenvalue weighted by Gasteiger charge is -1.96. The summed E-state index contributed by atoms with van der Waals surface area (Å²) in [6.07, 6.45) is 0.571. The molecule has 0 bridgehead atoms. The van der Waals surface area contributed by atoms with Crippen LogP contribution in [0.3, 0.4) is 0 Å². The van der Waals surface area contributed by atoms with Crippen LogP contribution >= 0.6 is 12.6 Å². The largest absolute Gasteiger partial charge is 0.508 e. The molecular weight excluding hydrogens is 214 g/mol. The van der Waals surface area contributed by atoms with Gasteiger partial charge in [-0.3, -0.25) is 10.1 Å². The summed E-state index contributed by atoms with van der Waals surface area (Å²) in [5.41, 5.74) is 0.126. The Hall–Kier alpha value is -1.67. The fourth-order valence-corrected chi connectivity index (χ4v) is 1.10. The quantitative estimate of drug-likeness (QED) is 0.349. The van der Waals surface area contributed by atoms with Gasteiger partial charge in [-0.25, -0.2) is 0 Å². The zero-order valence-electron chi connectivity index (χ0n) is 7.80. The molecule has 0 heterocycles. The van der Waals surface area contributed by atoms with Crippen LogP contribution in [-0.2, 0) is 0 Å². The van der Waals surface area contributed by atoms with Crippen molar-refractivity contribution < 1.29 is 10.0 Å². The third-order valence-corrected chi connectivity index (χ3v) is 1.86. The summed E-state index contributed by atoms with van der Waals surface area (Å²) in [6, 6.07) is 3.89. The van der Waals surface area contributed by atoms with Crippen molar-refractivity contribution >= 4 is 18.3 Å². The zero-order chi connectivity index (χ0) is 11.3. The Morgan fingerprint density at radius 2 is 2.27 bits per heavy atom. The molecule has 4 nitrogen and oxygen atoms in total. The number of benzene rings is 1. The van der Waals surface area contributed by atoms with Crippen molar-refractivity contribution in [1.82, 2.24) is 0 Å². The van der Waals surface area contributed by atoms with Crippen molar-refractivity contribution in [2.75, 3.05) is 5.75 Å². The number of hydrogen-bond acceptors (Lipinski definition) is 4. The van der Waals surface area contributed by atoms with Gasteiger partial charge in [-0.05, 0) is 12.1 Å². The van der Waals surface area contributed by atoms with Gasteiger partial charge in [-0.15, -0.1) is 0 Å². The van der Waals surface area contributed by atoms with Crippen LogP contribution in [0.15, 0.2) is 18.2 Å². The molecule has 0 saturated carbocycles. The lowest BCUT2D eigenvalue weighted by molar-refractivity contribution is -0.385. The topological polar surface area (TPSA) is 63.4 Å². The maximum Gasteiger partial charge on any atom is 0.288 e. The van der Waals surface area contributed by atoms with Crippen LogP contribution in [-0.4, -0.2) is 15.8 Å². The van der Waals surface area contributed by atoms with Crippen LogP contribution in [0.5, 0.6) is 5.75 Å². The number of nitro groups is 1. The molecule has 1 N–H and O–H groups in total. The molecule has 1 rings (SSSR count). The van der Waals surface area contributed by atoms with Crippen molar-refractivity contribution in [3.63, 3.8) is 0 Å². The first-order chi connectivity index (χ1) is 7.15. The van der Waals surface area contributed by atoms with Crippen LogP contribution in [0, 0.1) is 22.0 Å². The fourth-order valence-electron chi connectivity index (χ4n) is 0.990. The molecule has 1 aromatic carbocycles. The van der Waals surface area contributed by atoms with E-state index in [0.717, 1.165) is 6.07 Å². The maximum atomic E-state index is 10.6. The van der Waals surface area contributed by atoms with Gasteiger partial charge in [0.1, 0.15) is 11.3 Å². The van der Waals surface area contributed by atoms with Gasteiger partial charge in [0.25, 0.3) is 5.69 Å². The van der Waals surface area contributed by atoms with Gasteiger partial charge < -0.3 is 5.11 Å². The number of thiol groups is 1. The molecule has 78 valence electrons. The van der Waals surface area contributed by atoms with Crippen LogP contribution in [0.2, 0.25) is 0 Å². The van der Waals surface area contributed by atoms with E-state index < -0.39 is 4.92 Å². The second-order valence-electron chi connectivity index (χ2n) is 2.73. The van der Waals surface area contributed by atoms with E-state index in [-0.39, 0.29) is 11.4 Å². The lowest BCUT2D eigenvalue weighted by Crippen LogP contribution is -1.91. The zero-order valence-corrected chi connectivity index (χ0v) is 8.70. The molecule has 0 aliphatic rings. The number of phenolic OH excluding ortho intramolecular Hbond substituents is 1. The normalized spacial score (nSPS) is 9.13. The van der Waals surface area contributed by atoms with Crippen molar-refractivity contribution in [3.05, 3.63) is 33.9 Å². The monoisotopic (exact) mass is 223 g/mol. The summed E-state index contributed by atoms with van der Waals surface area (Å²) in [7, 11) is 0. The van der Waals surface area contributed by atoms with Gasteiger partial charge in [0.05, 0.1) is 11.0 Å². The number of nitro benzene ring substituents is 1. The van der Waals surface area contributed by atoms with Crippen molar-refractivity contribution in [2.24, 2.45) is 0 Å². The molecule has 15 heavy (non-hydrogen) atoms. The summed E-state index contributed by atoms with van der Waals surface area (Å²) in [5, 5.41) is 19.7. The Morgan fingerprint density at radius 1 is 1.53 bits per heavy atom. The second-order valence-corrected chi connectivity index (χ2v) is 3.18. The van der Waals surface area contributed by atoms with Gasteiger partial charge in [-0.1, -0.05) is 11.8 Å². The number of hydrogen-bond donors (Lipinski definition) is 2. The molecule has 0 atom stereocenters. The Kier molecular flexibility index (Phi) is 4.01. The minimum Gasteiger partial charge on any atom is -0.508 e. The number of phenols is 1. The van der Waals surface area contributed by atoms with E-state index in [1.165, 1.54) is 12.1 Å². The molecule has 0 aromatic heterocycles. The third-order valence-electron chi connectivity index (χ3n) is 1.64.